The van der Waals surface area contributed by atoms with Gasteiger partial charge in [-0.15, -0.1) is 0 Å². The molecule has 1 saturated heterocycles. The summed E-state index contributed by atoms with van der Waals surface area (Å²) in [6.07, 6.45) is 6.70. The van der Waals surface area contributed by atoms with E-state index in [2.05, 4.69) is 51.3 Å². The first-order valence-electron chi connectivity index (χ1n) is 11.2. The Morgan fingerprint density at radius 2 is 2.12 bits per heavy atom. The quantitative estimate of drug-likeness (QED) is 0.468. The molecule has 0 aliphatic carbocycles. The zero-order valence-corrected chi connectivity index (χ0v) is 18.8. The fourth-order valence-corrected chi connectivity index (χ4v) is 4.87. The molecule has 3 heterocycles. The number of methoxy groups -OCH3 is 1. The molecule has 7 nitrogen and oxygen atoms in total. The number of nitrogens with zero attached hydrogens (tertiary/aromatic N) is 1. The van der Waals surface area contributed by atoms with Crippen molar-refractivity contribution >= 4 is 28.9 Å². The Labute approximate surface area is 192 Å². The van der Waals surface area contributed by atoms with Crippen molar-refractivity contribution in [3.05, 3.63) is 71.4 Å². The normalized spacial score (nSPS) is 21.6. The van der Waals surface area contributed by atoms with Crippen molar-refractivity contribution in [3.63, 3.8) is 0 Å². The highest BCUT2D eigenvalue weighted by molar-refractivity contribution is 5.99. The van der Waals surface area contributed by atoms with E-state index in [-0.39, 0.29) is 11.9 Å². The number of hydrogen-bond acceptors (Lipinski definition) is 5. The van der Waals surface area contributed by atoms with Crippen molar-refractivity contribution in [3.8, 4) is 5.75 Å². The second-order valence-electron chi connectivity index (χ2n) is 8.70. The van der Waals surface area contributed by atoms with E-state index in [9.17, 15) is 9.59 Å². The van der Waals surface area contributed by atoms with Crippen molar-refractivity contribution in [1.29, 1.82) is 0 Å². The molecule has 2 aliphatic rings. The predicted octanol–water partition coefficient (Wildman–Crippen LogP) is 4.03. The molecule has 0 saturated carbocycles. The molecular formula is C26H27N3O4. The number of nitrogens with one attached hydrogen (secondary N) is 2. The maximum atomic E-state index is 13.1. The summed E-state index contributed by atoms with van der Waals surface area (Å²) in [7, 11) is 1.33. The van der Waals surface area contributed by atoms with Crippen molar-refractivity contribution in [2.45, 2.75) is 31.5 Å². The van der Waals surface area contributed by atoms with E-state index in [1.165, 1.54) is 24.1 Å². The summed E-state index contributed by atoms with van der Waals surface area (Å²) in [6, 6.07) is 13.8. The average molecular weight is 446 g/mol. The number of esters is 1. The molecule has 33 heavy (non-hydrogen) atoms. The van der Waals surface area contributed by atoms with Gasteiger partial charge in [-0.1, -0.05) is 24.3 Å². The number of aromatic nitrogens is 1. The lowest BCUT2D eigenvalue weighted by Gasteiger charge is -2.47. The molecular weight excluding hydrogens is 418 g/mol. The summed E-state index contributed by atoms with van der Waals surface area (Å²) in [5.74, 6) is -0.0410. The van der Waals surface area contributed by atoms with Gasteiger partial charge in [-0.25, -0.2) is 4.79 Å². The summed E-state index contributed by atoms with van der Waals surface area (Å²) in [4.78, 5) is 30.2. The fraction of sp³-hybridized carbons (Fsp3) is 0.308. The van der Waals surface area contributed by atoms with E-state index in [1.807, 2.05) is 12.1 Å². The number of fused-ring (bicyclic) bond motifs is 2. The van der Waals surface area contributed by atoms with Crippen LogP contribution in [0.15, 0.2) is 54.7 Å². The molecule has 2 aliphatic heterocycles. The van der Waals surface area contributed by atoms with Gasteiger partial charge in [-0.05, 0) is 55.3 Å². The maximum absolute atomic E-state index is 13.1. The molecule has 0 bridgehead atoms. The van der Waals surface area contributed by atoms with Gasteiger partial charge in [0, 0.05) is 35.6 Å². The number of amides is 1. The van der Waals surface area contributed by atoms with E-state index in [4.69, 9.17) is 4.74 Å². The Bertz CT molecular complexity index is 1250. The van der Waals surface area contributed by atoms with Crippen LogP contribution in [0.3, 0.4) is 0 Å². The van der Waals surface area contributed by atoms with Crippen molar-refractivity contribution in [2.75, 3.05) is 20.2 Å². The third kappa shape index (κ3) is 4.00. The lowest BCUT2D eigenvalue weighted by molar-refractivity contribution is -0.134. The molecule has 5 rings (SSSR count). The number of rotatable bonds is 4. The van der Waals surface area contributed by atoms with Crippen LogP contribution in [0.5, 0.6) is 5.75 Å². The second-order valence-corrected chi connectivity index (χ2v) is 8.70. The largest absolute Gasteiger partial charge is 0.466 e. The summed E-state index contributed by atoms with van der Waals surface area (Å²) >= 11 is 0. The number of benzene rings is 2. The van der Waals surface area contributed by atoms with Gasteiger partial charge >= 0.3 is 5.97 Å². The Hall–Kier alpha value is -3.58. The van der Waals surface area contributed by atoms with Gasteiger partial charge in [-0.2, -0.15) is 0 Å². The van der Waals surface area contributed by atoms with Gasteiger partial charge in [0.05, 0.1) is 19.2 Å². The van der Waals surface area contributed by atoms with Gasteiger partial charge < -0.3 is 19.8 Å². The number of hydrogen-bond donors (Lipinski definition) is 2. The minimum atomic E-state index is -0.758. The Kier molecular flexibility index (Phi) is 5.42. The number of carbonyl (C=O) groups excluding carboxylic acids is 2. The monoisotopic (exact) mass is 445 g/mol. The number of piperidine rings is 1. The topological polar surface area (TPSA) is 83.7 Å². The van der Waals surface area contributed by atoms with E-state index in [0.29, 0.717) is 17.9 Å². The zero-order chi connectivity index (χ0) is 23.0. The van der Waals surface area contributed by atoms with Gasteiger partial charge in [0.15, 0.2) is 5.72 Å². The van der Waals surface area contributed by atoms with Gasteiger partial charge in [0.1, 0.15) is 5.75 Å². The zero-order valence-electron chi connectivity index (χ0n) is 18.8. The summed E-state index contributed by atoms with van der Waals surface area (Å²) < 4.78 is 11.0. The van der Waals surface area contributed by atoms with E-state index in [0.717, 1.165) is 30.5 Å². The number of para-hydroxylation sites is 1. The van der Waals surface area contributed by atoms with Crippen LogP contribution in [-0.2, 0) is 9.53 Å². The molecule has 0 radical (unpaired) electrons. The number of likely N-dealkylation sites (tertiary alicyclic amines) is 1. The van der Waals surface area contributed by atoms with Gasteiger partial charge in [0.2, 0.25) is 0 Å². The molecule has 1 amide bonds. The van der Waals surface area contributed by atoms with Crippen LogP contribution in [0.1, 0.15) is 47.3 Å². The van der Waals surface area contributed by atoms with Crippen molar-refractivity contribution < 1.29 is 19.1 Å². The highest BCUT2D eigenvalue weighted by Crippen LogP contribution is 2.37. The second kappa shape index (κ2) is 8.41. The Morgan fingerprint density at radius 3 is 2.97 bits per heavy atom. The average Bonchev–Trinajstić information content (AvgIpc) is 3.26. The lowest BCUT2D eigenvalue weighted by Crippen LogP contribution is -2.64. The molecule has 1 spiro atoms. The number of aromatic amines is 1. The highest BCUT2D eigenvalue weighted by Gasteiger charge is 2.44. The number of carbonyl (C=O) groups is 2. The van der Waals surface area contributed by atoms with Crippen molar-refractivity contribution in [1.82, 2.24) is 15.2 Å². The van der Waals surface area contributed by atoms with E-state index >= 15 is 0 Å². The molecule has 2 aromatic carbocycles. The molecule has 2 unspecified atom stereocenters. The van der Waals surface area contributed by atoms with Gasteiger partial charge in [-0.3, -0.25) is 9.69 Å². The molecule has 2 N–H and O–H groups in total. The Balaban J connectivity index is 1.37. The van der Waals surface area contributed by atoms with Crippen LogP contribution in [0.4, 0.5) is 0 Å². The summed E-state index contributed by atoms with van der Waals surface area (Å²) in [5.41, 5.74) is 2.81. The van der Waals surface area contributed by atoms with Gasteiger partial charge in [0.25, 0.3) is 5.91 Å². The minimum Gasteiger partial charge on any atom is -0.466 e. The van der Waals surface area contributed by atoms with Crippen molar-refractivity contribution in [2.24, 2.45) is 0 Å². The molecule has 1 fully saturated rings. The first kappa shape index (κ1) is 21.3. The molecule has 1 aromatic heterocycles. The molecule has 3 aromatic rings. The number of ether oxygens (including phenoxy) is 2. The molecule has 7 heteroatoms. The molecule has 170 valence electrons. The summed E-state index contributed by atoms with van der Waals surface area (Å²) in [5, 5.41) is 4.35. The van der Waals surface area contributed by atoms with E-state index in [1.54, 1.807) is 18.2 Å². The summed E-state index contributed by atoms with van der Waals surface area (Å²) in [6.45, 7) is 3.74. The first-order chi connectivity index (χ1) is 16.0. The standard InChI is InChI=1S/C26H27N3O4/c1-17(21-15-27-22-7-4-3-6-19(21)22)29-13-5-12-26(16-29)28-25(31)20-14-18(8-10-23(20)33-26)9-11-24(30)32-2/h3-4,6-11,14-15,17,27H,5,12-13,16H2,1-2H3,(H,28,31)/b11-9+. The highest BCUT2D eigenvalue weighted by atomic mass is 16.5. The lowest BCUT2D eigenvalue weighted by atomic mass is 9.95. The maximum Gasteiger partial charge on any atom is 0.330 e. The van der Waals surface area contributed by atoms with E-state index < -0.39 is 11.7 Å². The minimum absolute atomic E-state index is 0.161. The van der Waals surface area contributed by atoms with Crippen LogP contribution in [0, 0.1) is 0 Å². The predicted molar refractivity (Wildman–Crippen MR) is 126 cm³/mol. The Morgan fingerprint density at radius 1 is 1.27 bits per heavy atom. The van der Waals surface area contributed by atoms with Crippen LogP contribution < -0.4 is 10.1 Å². The molecule has 2 atom stereocenters. The fourth-order valence-electron chi connectivity index (χ4n) is 4.87. The first-order valence-corrected chi connectivity index (χ1v) is 11.2. The van der Waals surface area contributed by atoms with Crippen LogP contribution >= 0.6 is 0 Å². The van der Waals surface area contributed by atoms with Crippen LogP contribution in [0.25, 0.3) is 17.0 Å². The third-order valence-corrected chi connectivity index (χ3v) is 6.61. The van der Waals surface area contributed by atoms with Crippen LogP contribution in [0.2, 0.25) is 0 Å². The SMILES string of the molecule is COC(=O)/C=C/c1ccc2c(c1)C(=O)NC1(CCCN(C(C)c3c[nH]c4ccccc34)C1)O2. The van der Waals surface area contributed by atoms with Crippen LogP contribution in [-0.4, -0.2) is 47.7 Å². The number of H-pyrrole nitrogens is 1. The third-order valence-electron chi connectivity index (χ3n) is 6.61. The smallest absolute Gasteiger partial charge is 0.330 e.